The van der Waals surface area contributed by atoms with Gasteiger partial charge < -0.3 is 0 Å². The van der Waals surface area contributed by atoms with Crippen LogP contribution in [0.2, 0.25) is 0 Å². The van der Waals surface area contributed by atoms with Gasteiger partial charge in [-0.05, 0) is 42.0 Å². The van der Waals surface area contributed by atoms with Crippen LogP contribution >= 0.6 is 0 Å². The number of benzene rings is 2. The lowest BCUT2D eigenvalue weighted by atomic mass is 9.86. The molecule has 0 spiro atoms. The van der Waals surface area contributed by atoms with Gasteiger partial charge in [-0.15, -0.1) is 0 Å². The van der Waals surface area contributed by atoms with E-state index in [9.17, 15) is 0 Å². The van der Waals surface area contributed by atoms with Gasteiger partial charge in [0.1, 0.15) is 0 Å². The molecule has 0 fully saturated rings. The number of aryl methyl sites for hydroxylation is 2. The summed E-state index contributed by atoms with van der Waals surface area (Å²) in [5, 5.41) is 0. The molecule has 0 heterocycles. The molecule has 0 heteroatoms. The number of rotatable bonds is 1. The second-order valence-corrected chi connectivity index (χ2v) is 5.90. The molecule has 0 saturated heterocycles. The molecule has 0 amide bonds. The molecule has 1 aliphatic carbocycles. The number of hydrogen-bond acceptors (Lipinski definition) is 0. The van der Waals surface area contributed by atoms with Crippen LogP contribution in [-0.4, -0.2) is 0 Å². The maximum atomic E-state index is 2.37. The van der Waals surface area contributed by atoms with Crippen molar-refractivity contribution in [3.8, 4) is 11.1 Å². The molecular weight excluding hydrogens is 216 g/mol. The van der Waals surface area contributed by atoms with E-state index < -0.39 is 0 Å². The lowest BCUT2D eigenvalue weighted by Crippen LogP contribution is -2.05. The predicted octanol–water partition coefficient (Wildman–Crippen LogP) is 5.07. The van der Waals surface area contributed by atoms with E-state index in [4.69, 9.17) is 0 Å². The molecule has 0 bridgehead atoms. The monoisotopic (exact) mass is 236 g/mol. The average molecular weight is 236 g/mol. The molecule has 3 rings (SSSR count). The lowest BCUT2D eigenvalue weighted by molar-refractivity contribution is 0.573. The first-order chi connectivity index (χ1) is 8.58. The van der Waals surface area contributed by atoms with Crippen LogP contribution in [0.1, 0.15) is 42.0 Å². The van der Waals surface area contributed by atoms with Crippen LogP contribution in [0.15, 0.2) is 36.4 Å². The van der Waals surface area contributed by atoms with Gasteiger partial charge in [0.2, 0.25) is 0 Å². The summed E-state index contributed by atoms with van der Waals surface area (Å²) in [6.07, 6.45) is 0. The Hall–Kier alpha value is -1.56. The summed E-state index contributed by atoms with van der Waals surface area (Å²) in [4.78, 5) is 0. The third-order valence-corrected chi connectivity index (χ3v) is 4.04. The Morgan fingerprint density at radius 3 is 1.61 bits per heavy atom. The zero-order valence-corrected chi connectivity index (χ0v) is 11.6. The van der Waals surface area contributed by atoms with Crippen LogP contribution in [0.4, 0.5) is 0 Å². The minimum Gasteiger partial charge on any atom is -0.0619 e. The van der Waals surface area contributed by atoms with Gasteiger partial charge in [0, 0.05) is 5.92 Å². The highest BCUT2D eigenvalue weighted by Gasteiger charge is 2.30. The summed E-state index contributed by atoms with van der Waals surface area (Å²) in [5.74, 6) is 1.21. The highest BCUT2D eigenvalue weighted by atomic mass is 14.3. The molecule has 0 unspecified atom stereocenters. The standard InChI is InChI=1S/C18H20/c1-11(2)18-16-9-12(3)5-7-14(16)15-8-6-13(4)10-17(15)18/h5-11,18H,1-4H3. The third kappa shape index (κ3) is 1.59. The highest BCUT2D eigenvalue weighted by molar-refractivity contribution is 5.79. The van der Waals surface area contributed by atoms with Crippen LogP contribution in [0.5, 0.6) is 0 Å². The van der Waals surface area contributed by atoms with E-state index in [-0.39, 0.29) is 0 Å². The van der Waals surface area contributed by atoms with Crippen molar-refractivity contribution < 1.29 is 0 Å². The Kier molecular flexibility index (Phi) is 2.55. The quantitative estimate of drug-likeness (QED) is 0.648. The van der Waals surface area contributed by atoms with Gasteiger partial charge in [0.15, 0.2) is 0 Å². The first-order valence-electron chi connectivity index (χ1n) is 6.79. The van der Waals surface area contributed by atoms with Crippen molar-refractivity contribution >= 4 is 0 Å². The van der Waals surface area contributed by atoms with E-state index >= 15 is 0 Å². The second-order valence-electron chi connectivity index (χ2n) is 5.90. The fourth-order valence-corrected chi connectivity index (χ4v) is 3.26. The molecule has 0 aromatic heterocycles. The van der Waals surface area contributed by atoms with Gasteiger partial charge in [-0.3, -0.25) is 0 Å². The first kappa shape index (κ1) is 11.5. The zero-order valence-electron chi connectivity index (χ0n) is 11.6. The van der Waals surface area contributed by atoms with Crippen molar-refractivity contribution in [2.45, 2.75) is 33.6 Å². The van der Waals surface area contributed by atoms with Crippen molar-refractivity contribution in [2.75, 3.05) is 0 Å². The molecule has 1 aliphatic rings. The summed E-state index contributed by atoms with van der Waals surface area (Å²) >= 11 is 0. The van der Waals surface area contributed by atoms with Gasteiger partial charge >= 0.3 is 0 Å². The minimum atomic E-state index is 0.565. The summed E-state index contributed by atoms with van der Waals surface area (Å²) in [6.45, 7) is 9.03. The van der Waals surface area contributed by atoms with E-state index in [0.717, 1.165) is 0 Å². The molecular formula is C18H20. The predicted molar refractivity (Wildman–Crippen MR) is 78.0 cm³/mol. The molecule has 2 aromatic rings. The molecule has 92 valence electrons. The van der Waals surface area contributed by atoms with E-state index in [1.807, 2.05) is 0 Å². The molecule has 0 nitrogen and oxygen atoms in total. The van der Waals surface area contributed by atoms with Crippen LogP contribution in [0.25, 0.3) is 11.1 Å². The molecule has 0 aliphatic heterocycles. The van der Waals surface area contributed by atoms with Crippen LogP contribution in [0, 0.1) is 19.8 Å². The number of fused-ring (bicyclic) bond motifs is 3. The van der Waals surface area contributed by atoms with Crippen molar-refractivity contribution in [2.24, 2.45) is 5.92 Å². The maximum absolute atomic E-state index is 2.37. The summed E-state index contributed by atoms with van der Waals surface area (Å²) in [7, 11) is 0. The zero-order chi connectivity index (χ0) is 12.9. The normalized spacial score (nSPS) is 13.8. The van der Waals surface area contributed by atoms with Gasteiger partial charge in [-0.2, -0.15) is 0 Å². The molecule has 0 N–H and O–H groups in total. The molecule has 0 radical (unpaired) electrons. The van der Waals surface area contributed by atoms with E-state index in [1.54, 1.807) is 0 Å². The maximum Gasteiger partial charge on any atom is 0.0125 e. The number of hydrogen-bond donors (Lipinski definition) is 0. The fraction of sp³-hybridized carbons (Fsp3) is 0.333. The summed E-state index contributed by atoms with van der Waals surface area (Å²) < 4.78 is 0. The SMILES string of the molecule is Cc1ccc2c(c1)C(C(C)C)c1cc(C)ccc1-2. The Labute approximate surface area is 110 Å². The smallest absolute Gasteiger partial charge is 0.0125 e. The first-order valence-corrected chi connectivity index (χ1v) is 6.79. The van der Waals surface area contributed by atoms with Crippen molar-refractivity contribution in [1.82, 2.24) is 0 Å². The molecule has 2 aromatic carbocycles. The van der Waals surface area contributed by atoms with E-state index in [2.05, 4.69) is 64.1 Å². The summed E-state index contributed by atoms with van der Waals surface area (Å²) in [6, 6.07) is 13.8. The van der Waals surface area contributed by atoms with Crippen molar-refractivity contribution in [3.63, 3.8) is 0 Å². The Morgan fingerprint density at radius 1 is 0.778 bits per heavy atom. The molecule has 0 atom stereocenters. The van der Waals surface area contributed by atoms with E-state index in [1.165, 1.54) is 33.4 Å². The third-order valence-electron chi connectivity index (χ3n) is 4.04. The topological polar surface area (TPSA) is 0 Å². The highest BCUT2D eigenvalue weighted by Crippen LogP contribution is 2.48. The van der Waals surface area contributed by atoms with Gasteiger partial charge in [-0.1, -0.05) is 61.4 Å². The lowest BCUT2D eigenvalue weighted by Gasteiger charge is -2.18. The largest absolute Gasteiger partial charge is 0.0619 e. The Bertz CT molecular complexity index is 554. The Morgan fingerprint density at radius 2 is 1.22 bits per heavy atom. The van der Waals surface area contributed by atoms with Crippen molar-refractivity contribution in [1.29, 1.82) is 0 Å². The van der Waals surface area contributed by atoms with Crippen LogP contribution in [0.3, 0.4) is 0 Å². The minimum absolute atomic E-state index is 0.565. The molecule has 18 heavy (non-hydrogen) atoms. The van der Waals surface area contributed by atoms with Crippen molar-refractivity contribution in [3.05, 3.63) is 58.7 Å². The fourth-order valence-electron chi connectivity index (χ4n) is 3.26. The average Bonchev–Trinajstić information content (AvgIpc) is 2.60. The Balaban J connectivity index is 2.29. The van der Waals surface area contributed by atoms with E-state index in [0.29, 0.717) is 11.8 Å². The van der Waals surface area contributed by atoms with Gasteiger partial charge in [0.25, 0.3) is 0 Å². The van der Waals surface area contributed by atoms with Gasteiger partial charge in [0.05, 0.1) is 0 Å². The second kappa shape index (κ2) is 3.98. The molecule has 0 saturated carbocycles. The van der Waals surface area contributed by atoms with Crippen LogP contribution in [-0.2, 0) is 0 Å². The summed E-state index contributed by atoms with van der Waals surface area (Å²) in [5.41, 5.74) is 8.65. The van der Waals surface area contributed by atoms with Crippen LogP contribution < -0.4 is 0 Å². The van der Waals surface area contributed by atoms with Gasteiger partial charge in [-0.25, -0.2) is 0 Å².